The Bertz CT molecular complexity index is 998. The van der Waals surface area contributed by atoms with Gasteiger partial charge in [-0.1, -0.05) is 12.1 Å². The highest BCUT2D eigenvalue weighted by molar-refractivity contribution is 7.20. The van der Waals surface area contributed by atoms with Crippen molar-refractivity contribution in [1.29, 1.82) is 0 Å². The fourth-order valence-electron chi connectivity index (χ4n) is 2.76. The average molecular weight is 413 g/mol. The average Bonchev–Trinajstić information content (AvgIpc) is 3.15. The molecule has 0 unspecified atom stereocenters. The smallest absolute Gasteiger partial charge is 0.348 e. The molecule has 0 saturated carbocycles. The normalized spacial score (nSPS) is 10.7. The Kier molecular flexibility index (Phi) is 7.21. The summed E-state index contributed by atoms with van der Waals surface area (Å²) in [7, 11) is 0. The van der Waals surface area contributed by atoms with Gasteiger partial charge in [-0.2, -0.15) is 0 Å². The third-order valence-corrected chi connectivity index (χ3v) is 5.17. The molecule has 0 aliphatic heterocycles. The molecular weight excluding hydrogens is 390 g/mol. The zero-order valence-electron chi connectivity index (χ0n) is 16.4. The lowest BCUT2D eigenvalue weighted by molar-refractivity contribution is 0.0532. The maximum atomic E-state index is 12.8. The first-order valence-corrected chi connectivity index (χ1v) is 10.3. The summed E-state index contributed by atoms with van der Waals surface area (Å²) in [5.74, 6) is -0.0967. The van der Waals surface area contributed by atoms with Gasteiger partial charge in [0.15, 0.2) is 0 Å². The second-order valence-corrected chi connectivity index (χ2v) is 7.16. The predicted molar refractivity (Wildman–Crippen MR) is 114 cm³/mol. The van der Waals surface area contributed by atoms with E-state index in [0.29, 0.717) is 48.3 Å². The molecule has 0 spiro atoms. The Morgan fingerprint density at radius 1 is 1.00 bits per heavy atom. The van der Waals surface area contributed by atoms with Gasteiger partial charge in [0, 0.05) is 17.0 Å². The van der Waals surface area contributed by atoms with Crippen LogP contribution in [0.4, 0.5) is 5.69 Å². The van der Waals surface area contributed by atoms with Crippen LogP contribution in [0.1, 0.15) is 33.9 Å². The predicted octanol–water partition coefficient (Wildman–Crippen LogP) is 4.75. The fourth-order valence-corrected chi connectivity index (χ4v) is 3.69. The summed E-state index contributed by atoms with van der Waals surface area (Å²) in [4.78, 5) is 25.2. The molecule has 1 heterocycles. The van der Waals surface area contributed by atoms with Gasteiger partial charge in [-0.25, -0.2) is 4.79 Å². The van der Waals surface area contributed by atoms with E-state index in [0.717, 1.165) is 10.1 Å². The highest BCUT2D eigenvalue weighted by atomic mass is 32.1. The number of fused-ring (bicyclic) bond motifs is 1. The first kappa shape index (κ1) is 20.8. The highest BCUT2D eigenvalue weighted by Gasteiger charge is 2.14. The number of rotatable bonds is 9. The molecule has 1 aromatic heterocycles. The first-order chi connectivity index (χ1) is 14.1. The standard InChI is InChI=1S/C22H23NO5S/c1-3-26-11-12-28-18-8-6-5-7-17(18)21(24)23-16-9-10-19-15(13-16)14-20(29-19)22(25)27-4-2/h5-10,13-14H,3-4,11-12H2,1-2H3,(H,23,24). The van der Waals surface area contributed by atoms with Gasteiger partial charge in [-0.3, -0.25) is 4.79 Å². The van der Waals surface area contributed by atoms with Crippen LogP contribution in [0.25, 0.3) is 10.1 Å². The molecular formula is C22H23NO5S. The number of benzene rings is 2. The molecule has 3 aromatic rings. The lowest BCUT2D eigenvalue weighted by Crippen LogP contribution is -2.15. The van der Waals surface area contributed by atoms with Crippen molar-refractivity contribution in [1.82, 2.24) is 0 Å². The van der Waals surface area contributed by atoms with Gasteiger partial charge in [0.1, 0.15) is 17.2 Å². The van der Waals surface area contributed by atoms with Gasteiger partial charge in [0.25, 0.3) is 5.91 Å². The van der Waals surface area contributed by atoms with Crippen LogP contribution < -0.4 is 10.1 Å². The van der Waals surface area contributed by atoms with Crippen molar-refractivity contribution in [3.8, 4) is 5.75 Å². The molecule has 0 aliphatic rings. The lowest BCUT2D eigenvalue weighted by atomic mass is 10.1. The molecule has 3 rings (SSSR count). The number of carbonyl (C=O) groups excluding carboxylic acids is 2. The number of amides is 1. The number of para-hydroxylation sites is 1. The topological polar surface area (TPSA) is 73.9 Å². The van der Waals surface area contributed by atoms with E-state index in [1.54, 1.807) is 31.2 Å². The molecule has 7 heteroatoms. The summed E-state index contributed by atoms with van der Waals surface area (Å²) in [6.45, 7) is 5.48. The Balaban J connectivity index is 1.73. The number of hydrogen-bond donors (Lipinski definition) is 1. The molecule has 0 radical (unpaired) electrons. The number of hydrogen-bond acceptors (Lipinski definition) is 6. The van der Waals surface area contributed by atoms with Crippen molar-refractivity contribution >= 4 is 39.0 Å². The lowest BCUT2D eigenvalue weighted by Gasteiger charge is -2.12. The number of anilines is 1. The van der Waals surface area contributed by atoms with Crippen LogP contribution in [0.3, 0.4) is 0 Å². The Morgan fingerprint density at radius 3 is 2.62 bits per heavy atom. The molecule has 29 heavy (non-hydrogen) atoms. The van der Waals surface area contributed by atoms with E-state index in [1.165, 1.54) is 11.3 Å². The molecule has 0 saturated heterocycles. The Morgan fingerprint density at radius 2 is 1.83 bits per heavy atom. The van der Waals surface area contributed by atoms with E-state index in [2.05, 4.69) is 5.32 Å². The maximum Gasteiger partial charge on any atom is 0.348 e. The van der Waals surface area contributed by atoms with Crippen LogP contribution in [0.5, 0.6) is 5.75 Å². The first-order valence-electron chi connectivity index (χ1n) is 9.44. The summed E-state index contributed by atoms with van der Waals surface area (Å²) in [5.41, 5.74) is 1.08. The monoisotopic (exact) mass is 413 g/mol. The zero-order valence-corrected chi connectivity index (χ0v) is 17.2. The van der Waals surface area contributed by atoms with Crippen LogP contribution in [0.15, 0.2) is 48.5 Å². The Labute approximate surface area is 173 Å². The van der Waals surface area contributed by atoms with Crippen LogP contribution in [-0.2, 0) is 9.47 Å². The summed E-state index contributed by atoms with van der Waals surface area (Å²) in [5, 5.41) is 3.77. The van der Waals surface area contributed by atoms with Crippen molar-refractivity contribution in [3.05, 3.63) is 59.0 Å². The van der Waals surface area contributed by atoms with E-state index >= 15 is 0 Å². The fraction of sp³-hybridized carbons (Fsp3) is 0.273. The van der Waals surface area contributed by atoms with Crippen LogP contribution in [0, 0.1) is 0 Å². The summed E-state index contributed by atoms with van der Waals surface area (Å²) in [6, 6.07) is 14.4. The minimum Gasteiger partial charge on any atom is -0.490 e. The van der Waals surface area contributed by atoms with Gasteiger partial charge in [-0.05, 0) is 55.6 Å². The molecule has 0 fully saturated rings. The van der Waals surface area contributed by atoms with E-state index in [4.69, 9.17) is 14.2 Å². The molecule has 0 atom stereocenters. The van der Waals surface area contributed by atoms with Crippen molar-refractivity contribution in [3.63, 3.8) is 0 Å². The van der Waals surface area contributed by atoms with Gasteiger partial charge in [-0.15, -0.1) is 11.3 Å². The quantitative estimate of drug-likeness (QED) is 0.405. The molecule has 0 aliphatic carbocycles. The Hall–Kier alpha value is -2.90. The van der Waals surface area contributed by atoms with Crippen molar-refractivity contribution in [2.75, 3.05) is 31.7 Å². The number of ether oxygens (including phenoxy) is 3. The van der Waals surface area contributed by atoms with E-state index < -0.39 is 0 Å². The van der Waals surface area contributed by atoms with E-state index in [-0.39, 0.29) is 11.9 Å². The van der Waals surface area contributed by atoms with E-state index in [9.17, 15) is 9.59 Å². The highest BCUT2D eigenvalue weighted by Crippen LogP contribution is 2.29. The number of esters is 1. The largest absolute Gasteiger partial charge is 0.490 e. The number of thiophene rings is 1. The van der Waals surface area contributed by atoms with Gasteiger partial charge in [0.2, 0.25) is 0 Å². The molecule has 1 amide bonds. The maximum absolute atomic E-state index is 12.8. The minimum atomic E-state index is -0.336. The summed E-state index contributed by atoms with van der Waals surface area (Å²) < 4.78 is 17.0. The zero-order chi connectivity index (χ0) is 20.6. The number of nitrogens with one attached hydrogen (secondary N) is 1. The van der Waals surface area contributed by atoms with Gasteiger partial charge < -0.3 is 19.5 Å². The second-order valence-electron chi connectivity index (χ2n) is 6.08. The number of carbonyl (C=O) groups is 2. The van der Waals surface area contributed by atoms with Crippen molar-refractivity contribution in [2.24, 2.45) is 0 Å². The van der Waals surface area contributed by atoms with Crippen molar-refractivity contribution in [2.45, 2.75) is 13.8 Å². The molecule has 2 aromatic carbocycles. The van der Waals surface area contributed by atoms with Gasteiger partial charge in [0.05, 0.1) is 18.8 Å². The van der Waals surface area contributed by atoms with Crippen LogP contribution in [-0.4, -0.2) is 38.3 Å². The second kappa shape index (κ2) is 10.0. The van der Waals surface area contributed by atoms with Gasteiger partial charge >= 0.3 is 5.97 Å². The molecule has 152 valence electrons. The van der Waals surface area contributed by atoms with Crippen molar-refractivity contribution < 1.29 is 23.8 Å². The SMILES string of the molecule is CCOCCOc1ccccc1C(=O)Nc1ccc2sc(C(=O)OCC)cc2c1. The van der Waals surface area contributed by atoms with Crippen LogP contribution >= 0.6 is 11.3 Å². The summed E-state index contributed by atoms with van der Waals surface area (Å²) >= 11 is 1.37. The summed E-state index contributed by atoms with van der Waals surface area (Å²) in [6.07, 6.45) is 0. The molecule has 0 bridgehead atoms. The third kappa shape index (κ3) is 5.34. The molecule has 6 nitrogen and oxygen atoms in total. The minimum absolute atomic E-state index is 0.266. The van der Waals surface area contributed by atoms with E-state index in [1.807, 2.05) is 31.2 Å². The molecule has 1 N–H and O–H groups in total. The third-order valence-electron chi connectivity index (χ3n) is 4.07. The van der Waals surface area contributed by atoms with Crippen LogP contribution in [0.2, 0.25) is 0 Å².